The SMILES string of the molecule is [2H]c1c([2H])c([2H])c([C@@](C)(OCC[C@]2([2H])N(C([2H])([2H])[2H])C([2H])([2H])C([2H])([2H])C2([2H])[2H])c2c([2H])c([2H])c(Cl)c([2H])c2[2H])c([2H])c1[2H]. The monoisotopic (exact) mass is 362 g/mol. The van der Waals surface area contributed by atoms with Gasteiger partial charge in [0.15, 0.2) is 0 Å². The van der Waals surface area contributed by atoms with Crippen LogP contribution in [0.4, 0.5) is 0 Å². The van der Waals surface area contributed by atoms with Gasteiger partial charge in [-0.1, -0.05) is 53.9 Å². The smallest absolute Gasteiger partial charge is 0.115 e. The fraction of sp³-hybridized carbons (Fsp3) is 0.429. The lowest BCUT2D eigenvalue weighted by Gasteiger charge is -2.32. The second-order valence-corrected chi connectivity index (χ2v) is 5.34. The Bertz CT molecular complexity index is 1350. The third-order valence-electron chi connectivity index (χ3n) is 3.42. The lowest BCUT2D eigenvalue weighted by molar-refractivity contribution is -0.0117. The van der Waals surface area contributed by atoms with Gasteiger partial charge in [0.2, 0.25) is 0 Å². The molecule has 0 aliphatic carbocycles. The Morgan fingerprint density at radius 2 is 2.00 bits per heavy atom. The van der Waals surface area contributed by atoms with E-state index in [1.807, 2.05) is 0 Å². The molecule has 1 aliphatic heterocycles. The second-order valence-electron chi connectivity index (χ2n) is 4.96. The third kappa shape index (κ3) is 3.83. The Kier molecular flexibility index (Phi) is 1.79. The molecule has 2 aromatic carbocycles. The summed E-state index contributed by atoms with van der Waals surface area (Å²) in [5.41, 5.74) is -3.81. The first kappa shape index (κ1) is 5.57. The average molecular weight is 363 g/mol. The van der Waals surface area contributed by atoms with Crippen molar-refractivity contribution in [3.63, 3.8) is 0 Å². The van der Waals surface area contributed by atoms with Crippen LogP contribution >= 0.6 is 11.6 Å². The molecule has 0 N–H and O–H groups in total. The Hall–Kier alpha value is -1.35. The minimum absolute atomic E-state index is 0.226. The highest BCUT2D eigenvalue weighted by molar-refractivity contribution is 6.30. The van der Waals surface area contributed by atoms with E-state index < -0.39 is 121 Å². The van der Waals surface area contributed by atoms with Crippen LogP contribution in [0.15, 0.2) is 54.4 Å². The number of halogens is 1. The summed E-state index contributed by atoms with van der Waals surface area (Å²) in [6.07, 6.45) is -8.11. The number of rotatable bonds is 6. The molecule has 128 valence electrons. The largest absolute Gasteiger partial charge is 0.366 e. The van der Waals surface area contributed by atoms with Gasteiger partial charge in [-0.3, -0.25) is 0 Å². The van der Waals surface area contributed by atoms with E-state index in [1.165, 1.54) is 0 Å². The van der Waals surface area contributed by atoms with Crippen LogP contribution in [-0.4, -0.2) is 31.0 Å². The van der Waals surface area contributed by atoms with Crippen LogP contribution in [0.3, 0.4) is 0 Å². The summed E-state index contributed by atoms with van der Waals surface area (Å²) in [7, 11) is 0. The van der Waals surface area contributed by atoms with Crippen LogP contribution in [0.1, 0.15) is 63.3 Å². The van der Waals surface area contributed by atoms with Crippen molar-refractivity contribution in [3.05, 3.63) is 70.5 Å². The number of hydrogen-bond donors (Lipinski definition) is 0. The van der Waals surface area contributed by atoms with E-state index in [-0.39, 0.29) is 4.90 Å². The van der Waals surface area contributed by atoms with Crippen LogP contribution in [0, 0.1) is 0 Å². The lowest BCUT2D eigenvalue weighted by atomic mass is 9.88. The fourth-order valence-corrected chi connectivity index (χ4v) is 2.19. The zero-order valence-corrected chi connectivity index (χ0v) is 13.4. The molecule has 3 heteroatoms. The van der Waals surface area contributed by atoms with E-state index in [0.29, 0.717) is 0 Å². The number of ether oxygens (including phenoxy) is 1. The number of benzene rings is 2. The van der Waals surface area contributed by atoms with E-state index in [0.717, 1.165) is 6.92 Å². The first-order valence-electron chi connectivity index (χ1n) is 16.5. The van der Waals surface area contributed by atoms with E-state index in [2.05, 4.69) is 0 Å². The Morgan fingerprint density at radius 3 is 2.71 bits per heavy atom. The molecule has 0 aromatic heterocycles. The van der Waals surface area contributed by atoms with Crippen molar-refractivity contribution in [3.8, 4) is 0 Å². The predicted molar refractivity (Wildman–Crippen MR) is 101 cm³/mol. The number of nitrogens with zero attached hydrogens (tertiary/aromatic N) is 1. The summed E-state index contributed by atoms with van der Waals surface area (Å²) >= 11 is 5.93. The molecular weight excluding hydrogens is 318 g/mol. The highest BCUT2D eigenvalue weighted by atomic mass is 35.5. The fourth-order valence-electron chi connectivity index (χ4n) is 2.10. The van der Waals surface area contributed by atoms with Crippen LogP contribution in [0.2, 0.25) is 5.02 Å². The summed E-state index contributed by atoms with van der Waals surface area (Å²) in [6.45, 7) is -7.00. The molecule has 0 bridgehead atoms. The first-order valence-corrected chi connectivity index (χ1v) is 7.33. The van der Waals surface area contributed by atoms with Crippen molar-refractivity contribution in [2.75, 3.05) is 20.1 Å². The highest BCUT2D eigenvalue weighted by Crippen LogP contribution is 2.34. The molecule has 1 heterocycles. The molecule has 0 amide bonds. The molecule has 24 heavy (non-hydrogen) atoms. The first-order chi connectivity index (χ1) is 19.2. The molecule has 2 aromatic rings. The van der Waals surface area contributed by atoms with Gasteiger partial charge in [-0.2, -0.15) is 0 Å². The Labute approximate surface area is 177 Å². The maximum Gasteiger partial charge on any atom is 0.115 e. The van der Waals surface area contributed by atoms with Crippen LogP contribution in [0.5, 0.6) is 0 Å². The van der Waals surface area contributed by atoms with Crippen molar-refractivity contribution in [1.29, 1.82) is 0 Å². The molecule has 1 saturated heterocycles. The molecular formula is C21H26ClNO. The van der Waals surface area contributed by atoms with Gasteiger partial charge in [-0.25, -0.2) is 0 Å². The van der Waals surface area contributed by atoms with Gasteiger partial charge >= 0.3 is 0 Å². The van der Waals surface area contributed by atoms with Crippen LogP contribution in [-0.2, 0) is 10.3 Å². The van der Waals surface area contributed by atoms with Gasteiger partial charge in [-0.05, 0) is 62.8 Å². The quantitative estimate of drug-likeness (QED) is 0.708. The van der Waals surface area contributed by atoms with E-state index >= 15 is 0 Å². The van der Waals surface area contributed by atoms with Crippen LogP contribution in [0.25, 0.3) is 0 Å². The standard InChI is InChI=1S/C21H26ClNO/c1-21(17-7-4-3-5-8-17,18-10-12-19(22)13-11-18)24-16-14-20-9-6-15-23(20)2/h3-5,7-8,10-13,20H,6,9,14-16H2,1-2H3/t20-,21-/m1/s1/i2D3,3D,4D,5D,6D2,7D,8D,9D2,10D,11D,12D,13D,15D2,20D. The van der Waals surface area contributed by atoms with E-state index in [4.69, 9.17) is 42.4 Å². The zero-order valence-electron chi connectivity index (χ0n) is 31.6. The molecule has 1 aliphatic rings. The van der Waals surface area contributed by atoms with Crippen LogP contribution < -0.4 is 0 Å². The lowest BCUT2D eigenvalue weighted by Crippen LogP contribution is -2.31. The molecule has 2 atom stereocenters. The van der Waals surface area contributed by atoms with Gasteiger partial charge in [0.05, 0.1) is 12.3 Å². The molecule has 0 saturated carbocycles. The van der Waals surface area contributed by atoms with Crippen molar-refractivity contribution < 1.29 is 30.8 Å². The van der Waals surface area contributed by atoms with E-state index in [9.17, 15) is 0 Å². The average Bonchev–Trinajstić information content (AvgIpc) is 2.95. The molecule has 1 fully saturated rings. The van der Waals surface area contributed by atoms with Gasteiger partial charge in [0, 0.05) is 31.4 Å². The van der Waals surface area contributed by atoms with Crippen molar-refractivity contribution in [2.45, 2.75) is 37.7 Å². The van der Waals surface area contributed by atoms with Gasteiger partial charge in [0.25, 0.3) is 0 Å². The van der Waals surface area contributed by atoms with Gasteiger partial charge in [-0.15, -0.1) is 0 Å². The maximum absolute atomic E-state index is 8.81. The molecule has 0 radical (unpaired) electrons. The normalized spacial score (nSPS) is 42.2. The summed E-state index contributed by atoms with van der Waals surface area (Å²) in [5.74, 6) is 0. The second kappa shape index (κ2) is 7.69. The minimum atomic E-state index is -3.54. The van der Waals surface area contributed by atoms with E-state index in [1.54, 1.807) is 0 Å². The summed E-state index contributed by atoms with van der Waals surface area (Å²) in [5, 5.41) is -0.593. The van der Waals surface area contributed by atoms with Crippen molar-refractivity contribution in [1.82, 2.24) is 4.90 Å². The van der Waals surface area contributed by atoms with Gasteiger partial charge in [0.1, 0.15) is 5.60 Å². The zero-order chi connectivity index (χ0) is 33.6. The molecule has 0 spiro atoms. The summed E-state index contributed by atoms with van der Waals surface area (Å²) < 4.78 is 162. The highest BCUT2D eigenvalue weighted by Gasteiger charge is 2.30. The van der Waals surface area contributed by atoms with Gasteiger partial charge < -0.3 is 9.64 Å². The molecule has 0 unspecified atom stereocenters. The topological polar surface area (TPSA) is 12.5 Å². The van der Waals surface area contributed by atoms with Crippen molar-refractivity contribution >= 4 is 11.6 Å². The number of likely N-dealkylation sites (tertiary alicyclic amines) is 1. The van der Waals surface area contributed by atoms with Crippen molar-refractivity contribution in [2.24, 2.45) is 0 Å². The Morgan fingerprint density at radius 1 is 1.29 bits per heavy atom. The minimum Gasteiger partial charge on any atom is -0.366 e. The summed E-state index contributed by atoms with van der Waals surface area (Å²) in [4.78, 5) is -0.226. The Balaban J connectivity index is 2.30. The molecule has 2 nitrogen and oxygen atoms in total. The predicted octanol–water partition coefficient (Wildman–Crippen LogP) is 5.10. The number of hydrogen-bond acceptors (Lipinski definition) is 2. The summed E-state index contributed by atoms with van der Waals surface area (Å²) in [6, 6.07) is -10.6. The maximum atomic E-state index is 8.81. The molecule has 3 rings (SSSR count). The third-order valence-corrected chi connectivity index (χ3v) is 3.61.